The lowest BCUT2D eigenvalue weighted by molar-refractivity contribution is -0.140. The Bertz CT molecular complexity index is 1780. The van der Waals surface area contributed by atoms with Crippen LogP contribution in [-0.2, 0) is 25.7 Å². The highest BCUT2D eigenvalue weighted by Crippen LogP contribution is 2.44. The average Bonchev–Trinajstić information content (AvgIpc) is 3.60. The fourth-order valence-electron chi connectivity index (χ4n) is 5.16. The molecule has 0 radical (unpaired) electrons. The number of anilines is 1. The van der Waals surface area contributed by atoms with Crippen LogP contribution in [0.25, 0.3) is 33.9 Å². The summed E-state index contributed by atoms with van der Waals surface area (Å²) < 4.78 is 43.6. The van der Waals surface area contributed by atoms with E-state index in [0.717, 1.165) is 48.0 Å². The molecule has 0 amide bonds. The third-order valence-corrected chi connectivity index (χ3v) is 7.52. The normalized spacial score (nSPS) is 13.7. The van der Waals surface area contributed by atoms with E-state index in [1.165, 1.54) is 0 Å². The van der Waals surface area contributed by atoms with Gasteiger partial charge >= 0.3 is 6.18 Å². The SMILES string of the molecule is C=CCn1cnc2c(NCc3ccc(-c4nc(C(F)(F)F)cn4C(C)C)cc3)nc(-c3c(CC)ncnc3C3CC3)nc21. The number of nitrogens with zero attached hydrogens (tertiary/aromatic N) is 8. The van der Waals surface area contributed by atoms with Crippen molar-refractivity contribution in [2.45, 2.75) is 71.3 Å². The monoisotopic (exact) mass is 587 g/mol. The number of rotatable bonds is 10. The first-order valence-electron chi connectivity index (χ1n) is 14.3. The fraction of sp³-hybridized carbons (Fsp3) is 0.355. The van der Waals surface area contributed by atoms with Crippen LogP contribution in [0.15, 0.2) is 55.8 Å². The van der Waals surface area contributed by atoms with Crippen LogP contribution in [0.2, 0.25) is 0 Å². The number of hydrogen-bond donors (Lipinski definition) is 1. The highest BCUT2D eigenvalue weighted by Gasteiger charge is 2.35. The second kappa shape index (κ2) is 11.2. The Morgan fingerprint density at radius 3 is 2.49 bits per heavy atom. The van der Waals surface area contributed by atoms with Crippen LogP contribution >= 0.6 is 0 Å². The zero-order valence-corrected chi connectivity index (χ0v) is 24.2. The molecule has 4 heterocycles. The topological polar surface area (TPSA) is 99.2 Å². The summed E-state index contributed by atoms with van der Waals surface area (Å²) in [7, 11) is 0. The predicted octanol–water partition coefficient (Wildman–Crippen LogP) is 6.98. The molecule has 1 aliphatic rings. The van der Waals surface area contributed by atoms with Crippen molar-refractivity contribution >= 4 is 17.0 Å². The van der Waals surface area contributed by atoms with Crippen LogP contribution in [0.5, 0.6) is 0 Å². The number of nitrogens with one attached hydrogen (secondary N) is 1. The zero-order chi connectivity index (χ0) is 30.3. The number of imidazole rings is 2. The summed E-state index contributed by atoms with van der Waals surface area (Å²) in [6, 6.07) is 7.13. The van der Waals surface area contributed by atoms with Crippen LogP contribution in [0.4, 0.5) is 19.0 Å². The molecule has 1 aliphatic carbocycles. The van der Waals surface area contributed by atoms with Crippen molar-refractivity contribution < 1.29 is 13.2 Å². The largest absolute Gasteiger partial charge is 0.434 e. The molecule has 1 saturated carbocycles. The van der Waals surface area contributed by atoms with E-state index in [1.807, 2.05) is 30.5 Å². The number of allylic oxidation sites excluding steroid dienone is 1. The van der Waals surface area contributed by atoms with Crippen LogP contribution in [0.3, 0.4) is 0 Å². The molecule has 0 bridgehead atoms. The molecule has 0 unspecified atom stereocenters. The lowest BCUT2D eigenvalue weighted by Crippen LogP contribution is -2.08. The first-order valence-corrected chi connectivity index (χ1v) is 14.3. The Morgan fingerprint density at radius 1 is 1.07 bits per heavy atom. The highest BCUT2D eigenvalue weighted by atomic mass is 19.4. The van der Waals surface area contributed by atoms with E-state index in [1.54, 1.807) is 35.4 Å². The summed E-state index contributed by atoms with van der Waals surface area (Å²) in [5.41, 5.74) is 4.69. The maximum atomic E-state index is 13.4. The van der Waals surface area contributed by atoms with Crippen molar-refractivity contribution in [3.8, 4) is 22.8 Å². The molecule has 9 nitrogen and oxygen atoms in total. The molecule has 0 spiro atoms. The quantitative estimate of drug-likeness (QED) is 0.176. The van der Waals surface area contributed by atoms with Gasteiger partial charge in [0.05, 0.1) is 23.3 Å². The number of aryl methyl sites for hydroxylation is 1. The highest BCUT2D eigenvalue weighted by molar-refractivity contribution is 5.85. The first kappa shape index (κ1) is 28.5. The number of alkyl halides is 3. The standard InChI is InChI=1S/C31H32F3N9/c1-5-13-42-17-38-26-28(40-27(41-30(26)42)24-22(6-2)36-16-37-25(24)20-11-12-20)35-14-19-7-9-21(10-8-19)29-39-23(31(32,33)34)15-43(29)18(3)4/h5,7-10,15-18,20H,1,6,11-14H2,2-4H3,(H,35,40,41). The lowest BCUT2D eigenvalue weighted by Gasteiger charge is -2.14. The Kier molecular flexibility index (Phi) is 7.45. The summed E-state index contributed by atoms with van der Waals surface area (Å²) in [5, 5.41) is 3.42. The fourth-order valence-corrected chi connectivity index (χ4v) is 5.16. The Morgan fingerprint density at radius 2 is 1.84 bits per heavy atom. The summed E-state index contributed by atoms with van der Waals surface area (Å²) in [6.07, 6.45) is 4.58. The molecule has 222 valence electrons. The van der Waals surface area contributed by atoms with Crippen LogP contribution < -0.4 is 5.32 Å². The molecule has 43 heavy (non-hydrogen) atoms. The molecular weight excluding hydrogens is 555 g/mol. The van der Waals surface area contributed by atoms with Gasteiger partial charge in [0, 0.05) is 36.8 Å². The van der Waals surface area contributed by atoms with Gasteiger partial charge in [-0.3, -0.25) is 0 Å². The van der Waals surface area contributed by atoms with Crippen molar-refractivity contribution in [1.82, 2.24) is 39.0 Å². The molecule has 1 aromatic carbocycles. The molecule has 0 saturated heterocycles. The predicted molar refractivity (Wildman–Crippen MR) is 158 cm³/mol. The molecular formula is C31H32F3N9. The number of halogens is 3. The maximum absolute atomic E-state index is 13.4. The molecule has 12 heteroatoms. The van der Waals surface area contributed by atoms with Crippen molar-refractivity contribution in [3.63, 3.8) is 0 Å². The van der Waals surface area contributed by atoms with Crippen molar-refractivity contribution in [2.24, 2.45) is 0 Å². The molecule has 0 aliphatic heterocycles. The minimum absolute atomic E-state index is 0.182. The maximum Gasteiger partial charge on any atom is 0.434 e. The van der Waals surface area contributed by atoms with Gasteiger partial charge in [-0.2, -0.15) is 13.2 Å². The second-order valence-corrected chi connectivity index (χ2v) is 11.0. The van der Waals surface area contributed by atoms with E-state index in [2.05, 4.69) is 38.8 Å². The second-order valence-electron chi connectivity index (χ2n) is 11.0. The van der Waals surface area contributed by atoms with Gasteiger partial charge in [-0.25, -0.2) is 29.9 Å². The zero-order valence-electron chi connectivity index (χ0n) is 24.2. The van der Waals surface area contributed by atoms with E-state index in [0.29, 0.717) is 47.4 Å². The van der Waals surface area contributed by atoms with Gasteiger partial charge in [-0.1, -0.05) is 37.3 Å². The molecule has 1 N–H and O–H groups in total. The van der Waals surface area contributed by atoms with E-state index in [9.17, 15) is 13.2 Å². The van der Waals surface area contributed by atoms with Crippen LogP contribution in [-0.4, -0.2) is 39.0 Å². The van der Waals surface area contributed by atoms with Crippen molar-refractivity contribution in [3.05, 3.63) is 78.4 Å². The number of hydrogen-bond acceptors (Lipinski definition) is 7. The molecule has 4 aromatic heterocycles. The van der Waals surface area contributed by atoms with E-state index < -0.39 is 11.9 Å². The van der Waals surface area contributed by atoms with Crippen molar-refractivity contribution in [1.29, 1.82) is 0 Å². The van der Waals surface area contributed by atoms with Gasteiger partial charge in [0.1, 0.15) is 17.7 Å². The van der Waals surface area contributed by atoms with Gasteiger partial charge in [-0.15, -0.1) is 6.58 Å². The summed E-state index contributed by atoms with van der Waals surface area (Å²) in [5.74, 6) is 1.79. The number of benzene rings is 1. The van der Waals surface area contributed by atoms with Gasteiger partial charge in [-0.05, 0) is 38.7 Å². The first-order chi connectivity index (χ1) is 20.7. The van der Waals surface area contributed by atoms with Gasteiger partial charge in [0.15, 0.2) is 23.0 Å². The van der Waals surface area contributed by atoms with Crippen LogP contribution in [0, 0.1) is 0 Å². The summed E-state index contributed by atoms with van der Waals surface area (Å²) >= 11 is 0. The third-order valence-electron chi connectivity index (χ3n) is 7.52. The minimum Gasteiger partial charge on any atom is -0.364 e. The van der Waals surface area contributed by atoms with E-state index >= 15 is 0 Å². The molecule has 0 atom stereocenters. The van der Waals surface area contributed by atoms with Gasteiger partial charge < -0.3 is 14.5 Å². The summed E-state index contributed by atoms with van der Waals surface area (Å²) in [6.45, 7) is 10.5. The number of fused-ring (bicyclic) bond motifs is 1. The van der Waals surface area contributed by atoms with Crippen molar-refractivity contribution in [2.75, 3.05) is 5.32 Å². The molecule has 1 fully saturated rings. The molecule has 6 rings (SSSR count). The Balaban J connectivity index is 1.33. The average molecular weight is 588 g/mol. The third kappa shape index (κ3) is 5.61. The van der Waals surface area contributed by atoms with Gasteiger partial charge in [0.2, 0.25) is 0 Å². The number of aromatic nitrogens is 8. The lowest BCUT2D eigenvalue weighted by atomic mass is 10.1. The van der Waals surface area contributed by atoms with E-state index in [4.69, 9.17) is 9.97 Å². The molecule has 5 aromatic rings. The Hall–Kier alpha value is -4.61. The summed E-state index contributed by atoms with van der Waals surface area (Å²) in [4.78, 5) is 27.5. The Labute approximate surface area is 247 Å². The van der Waals surface area contributed by atoms with E-state index in [-0.39, 0.29) is 11.9 Å². The smallest absolute Gasteiger partial charge is 0.364 e. The van der Waals surface area contributed by atoms with Crippen LogP contribution in [0.1, 0.15) is 68.2 Å². The van der Waals surface area contributed by atoms with Gasteiger partial charge in [0.25, 0.3) is 0 Å². The minimum atomic E-state index is -4.51.